The van der Waals surface area contributed by atoms with Gasteiger partial charge in [-0.1, -0.05) is 16.8 Å². The first-order valence-corrected chi connectivity index (χ1v) is 8.30. The minimum Gasteiger partial charge on any atom is -0.478 e. The SMILES string of the molecule is Cc1noc([C@H]2CCCN2C(=O)C(C)(C)Oc2ccc(Cl)cc2)n1. The number of rotatable bonds is 4. The molecule has 1 aromatic heterocycles. The van der Waals surface area contributed by atoms with E-state index in [0.29, 0.717) is 29.0 Å². The van der Waals surface area contributed by atoms with Gasteiger partial charge in [-0.05, 0) is 57.9 Å². The summed E-state index contributed by atoms with van der Waals surface area (Å²) in [5.41, 5.74) is -1.01. The number of amides is 1. The van der Waals surface area contributed by atoms with Crippen LogP contribution in [0.15, 0.2) is 28.8 Å². The maximum absolute atomic E-state index is 13.0. The minimum absolute atomic E-state index is 0.101. The Bertz CT molecular complexity index is 727. The topological polar surface area (TPSA) is 68.5 Å². The summed E-state index contributed by atoms with van der Waals surface area (Å²) in [6.07, 6.45) is 1.71. The number of halogens is 1. The molecule has 0 aliphatic carbocycles. The number of aryl methyl sites for hydroxylation is 1. The highest BCUT2D eigenvalue weighted by Gasteiger charge is 2.41. The van der Waals surface area contributed by atoms with Gasteiger partial charge in [-0.15, -0.1) is 0 Å². The van der Waals surface area contributed by atoms with Crippen LogP contribution in [0.4, 0.5) is 0 Å². The molecule has 2 heterocycles. The first-order valence-electron chi connectivity index (χ1n) is 7.93. The molecule has 1 fully saturated rings. The molecule has 1 amide bonds. The molecule has 0 N–H and O–H groups in total. The molecular weight excluding hydrogens is 330 g/mol. The molecule has 7 heteroatoms. The molecular formula is C17H20ClN3O3. The van der Waals surface area contributed by atoms with Crippen LogP contribution >= 0.6 is 11.6 Å². The normalized spacial score (nSPS) is 18.0. The fourth-order valence-electron chi connectivity index (χ4n) is 2.90. The van der Waals surface area contributed by atoms with E-state index in [0.717, 1.165) is 12.8 Å². The summed E-state index contributed by atoms with van der Waals surface area (Å²) < 4.78 is 11.2. The molecule has 2 aromatic rings. The average Bonchev–Trinajstić information content (AvgIpc) is 3.17. The molecule has 1 aromatic carbocycles. The largest absolute Gasteiger partial charge is 0.478 e. The lowest BCUT2D eigenvalue weighted by Crippen LogP contribution is -2.48. The second kappa shape index (κ2) is 6.43. The van der Waals surface area contributed by atoms with E-state index >= 15 is 0 Å². The molecule has 24 heavy (non-hydrogen) atoms. The Labute approximate surface area is 145 Å². The van der Waals surface area contributed by atoms with Crippen molar-refractivity contribution in [3.63, 3.8) is 0 Å². The molecule has 0 bridgehead atoms. The van der Waals surface area contributed by atoms with E-state index in [1.54, 1.807) is 49.9 Å². The second-order valence-electron chi connectivity index (χ2n) is 6.40. The smallest absolute Gasteiger partial charge is 0.266 e. The van der Waals surface area contributed by atoms with Crippen molar-refractivity contribution in [1.82, 2.24) is 15.0 Å². The van der Waals surface area contributed by atoms with Crippen molar-refractivity contribution in [3.05, 3.63) is 41.0 Å². The van der Waals surface area contributed by atoms with E-state index in [9.17, 15) is 4.79 Å². The molecule has 1 saturated heterocycles. The van der Waals surface area contributed by atoms with E-state index in [1.165, 1.54) is 0 Å². The number of nitrogens with zero attached hydrogens (tertiary/aromatic N) is 3. The molecule has 1 aliphatic rings. The number of ether oxygens (including phenoxy) is 1. The zero-order chi connectivity index (χ0) is 17.3. The Hall–Kier alpha value is -2.08. The highest BCUT2D eigenvalue weighted by atomic mass is 35.5. The van der Waals surface area contributed by atoms with Gasteiger partial charge < -0.3 is 14.2 Å². The van der Waals surface area contributed by atoms with E-state index < -0.39 is 5.60 Å². The number of benzene rings is 1. The molecule has 1 atom stereocenters. The maximum Gasteiger partial charge on any atom is 0.266 e. The van der Waals surface area contributed by atoms with Crippen LogP contribution in [0.2, 0.25) is 5.02 Å². The van der Waals surface area contributed by atoms with Crippen LogP contribution in [0, 0.1) is 6.92 Å². The van der Waals surface area contributed by atoms with Gasteiger partial charge in [0.2, 0.25) is 5.89 Å². The second-order valence-corrected chi connectivity index (χ2v) is 6.84. The number of likely N-dealkylation sites (tertiary alicyclic amines) is 1. The summed E-state index contributed by atoms with van der Waals surface area (Å²) in [4.78, 5) is 19.1. The quantitative estimate of drug-likeness (QED) is 0.844. The third-order valence-corrected chi connectivity index (χ3v) is 4.30. The molecule has 128 valence electrons. The van der Waals surface area contributed by atoms with Crippen molar-refractivity contribution >= 4 is 17.5 Å². The summed E-state index contributed by atoms with van der Waals surface area (Å²) in [5, 5.41) is 4.45. The van der Waals surface area contributed by atoms with Gasteiger partial charge in [0.05, 0.1) is 0 Å². The summed E-state index contributed by atoms with van der Waals surface area (Å²) in [6, 6.07) is 6.78. The van der Waals surface area contributed by atoms with Crippen LogP contribution < -0.4 is 4.74 Å². The molecule has 0 spiro atoms. The molecule has 0 radical (unpaired) electrons. The predicted molar refractivity (Wildman–Crippen MR) is 88.9 cm³/mol. The Morgan fingerprint density at radius 2 is 2.08 bits per heavy atom. The van der Waals surface area contributed by atoms with Gasteiger partial charge >= 0.3 is 0 Å². The minimum atomic E-state index is -1.01. The maximum atomic E-state index is 13.0. The molecule has 6 nitrogen and oxygen atoms in total. The van der Waals surface area contributed by atoms with Crippen molar-refractivity contribution in [2.45, 2.75) is 45.3 Å². The standard InChI is InChI=1S/C17H20ClN3O3/c1-11-19-15(24-20-11)14-5-4-10-21(14)16(22)17(2,3)23-13-8-6-12(18)7-9-13/h6-9,14H,4-5,10H2,1-3H3/t14-/m1/s1. The van der Waals surface area contributed by atoms with Gasteiger partial charge in [-0.3, -0.25) is 4.79 Å². The van der Waals surface area contributed by atoms with Crippen molar-refractivity contribution in [2.24, 2.45) is 0 Å². The van der Waals surface area contributed by atoms with Crippen LogP contribution in [0.25, 0.3) is 0 Å². The number of carbonyl (C=O) groups is 1. The number of aromatic nitrogens is 2. The fourth-order valence-corrected chi connectivity index (χ4v) is 3.03. The Morgan fingerprint density at radius 3 is 2.71 bits per heavy atom. The lowest BCUT2D eigenvalue weighted by atomic mass is 10.1. The van der Waals surface area contributed by atoms with Crippen molar-refractivity contribution in [1.29, 1.82) is 0 Å². The Balaban J connectivity index is 1.77. The Kier molecular flexibility index (Phi) is 4.49. The third kappa shape index (κ3) is 3.38. The van der Waals surface area contributed by atoms with Gasteiger partial charge in [0, 0.05) is 11.6 Å². The highest BCUT2D eigenvalue weighted by Crippen LogP contribution is 2.34. The molecule has 0 saturated carbocycles. The average molecular weight is 350 g/mol. The van der Waals surface area contributed by atoms with Crippen LogP contribution in [0.3, 0.4) is 0 Å². The Morgan fingerprint density at radius 1 is 1.38 bits per heavy atom. The number of hydrogen-bond acceptors (Lipinski definition) is 5. The van der Waals surface area contributed by atoms with E-state index in [2.05, 4.69) is 10.1 Å². The third-order valence-electron chi connectivity index (χ3n) is 4.04. The first-order chi connectivity index (χ1) is 11.4. The van der Waals surface area contributed by atoms with Crippen molar-refractivity contribution < 1.29 is 14.1 Å². The molecule has 1 aliphatic heterocycles. The van der Waals surface area contributed by atoms with Gasteiger partial charge in [0.1, 0.15) is 11.8 Å². The highest BCUT2D eigenvalue weighted by molar-refractivity contribution is 6.30. The first kappa shape index (κ1) is 16.8. The zero-order valence-corrected chi connectivity index (χ0v) is 14.7. The van der Waals surface area contributed by atoms with Crippen LogP contribution in [-0.2, 0) is 4.79 Å². The monoisotopic (exact) mass is 349 g/mol. The predicted octanol–water partition coefficient (Wildman–Crippen LogP) is 3.55. The van der Waals surface area contributed by atoms with Gasteiger partial charge in [-0.2, -0.15) is 4.98 Å². The van der Waals surface area contributed by atoms with Gasteiger partial charge in [0.15, 0.2) is 11.4 Å². The lowest BCUT2D eigenvalue weighted by molar-refractivity contribution is -0.147. The van der Waals surface area contributed by atoms with E-state index in [1.807, 2.05) is 0 Å². The summed E-state index contributed by atoms with van der Waals surface area (Å²) in [5.74, 6) is 1.56. The molecule has 0 unspecified atom stereocenters. The summed E-state index contributed by atoms with van der Waals surface area (Å²) in [6.45, 7) is 5.94. The van der Waals surface area contributed by atoms with E-state index in [4.69, 9.17) is 20.9 Å². The molecule has 3 rings (SSSR count). The van der Waals surface area contributed by atoms with Crippen molar-refractivity contribution in [3.8, 4) is 5.75 Å². The van der Waals surface area contributed by atoms with Crippen LogP contribution in [0.1, 0.15) is 44.4 Å². The van der Waals surface area contributed by atoms with Crippen LogP contribution in [0.5, 0.6) is 5.75 Å². The summed E-state index contributed by atoms with van der Waals surface area (Å²) >= 11 is 5.88. The fraction of sp³-hybridized carbons (Fsp3) is 0.471. The summed E-state index contributed by atoms with van der Waals surface area (Å²) in [7, 11) is 0. The van der Waals surface area contributed by atoms with Crippen LogP contribution in [-0.4, -0.2) is 33.1 Å². The lowest BCUT2D eigenvalue weighted by Gasteiger charge is -2.32. The number of carbonyl (C=O) groups excluding carboxylic acids is 1. The van der Waals surface area contributed by atoms with Gasteiger partial charge in [-0.25, -0.2) is 0 Å². The van der Waals surface area contributed by atoms with Crippen molar-refractivity contribution in [2.75, 3.05) is 6.54 Å². The van der Waals surface area contributed by atoms with E-state index in [-0.39, 0.29) is 11.9 Å². The zero-order valence-electron chi connectivity index (χ0n) is 14.0. The number of hydrogen-bond donors (Lipinski definition) is 0. The van der Waals surface area contributed by atoms with Gasteiger partial charge in [0.25, 0.3) is 5.91 Å².